The highest BCUT2D eigenvalue weighted by molar-refractivity contribution is 5.75. The molecule has 1 unspecified atom stereocenters. The number of nitrogens with zero attached hydrogens (tertiary/aromatic N) is 3. The standard InChI is InChI=1S/C19H24N4O2/c24-18(6-3-4-15-7-9-20-10-8-15)21-12-16-13-22-19(23-14-16)17-5-1-2-11-25-17/h7-10,13-14,17H,1-6,11-12H2,(H,21,24). The van der Waals surface area contributed by atoms with Crippen molar-refractivity contribution < 1.29 is 9.53 Å². The summed E-state index contributed by atoms with van der Waals surface area (Å²) >= 11 is 0. The Morgan fingerprint density at radius 2 is 1.96 bits per heavy atom. The molecule has 1 amide bonds. The average Bonchev–Trinajstić information content (AvgIpc) is 2.68. The van der Waals surface area contributed by atoms with E-state index in [4.69, 9.17) is 4.74 Å². The van der Waals surface area contributed by atoms with Crippen LogP contribution in [0.3, 0.4) is 0 Å². The fourth-order valence-electron chi connectivity index (χ4n) is 2.86. The molecule has 1 N–H and O–H groups in total. The van der Waals surface area contributed by atoms with Gasteiger partial charge in [-0.15, -0.1) is 0 Å². The Morgan fingerprint density at radius 1 is 1.16 bits per heavy atom. The molecule has 6 nitrogen and oxygen atoms in total. The molecule has 1 atom stereocenters. The van der Waals surface area contributed by atoms with Crippen molar-refractivity contribution in [1.82, 2.24) is 20.3 Å². The molecule has 1 saturated heterocycles. The summed E-state index contributed by atoms with van der Waals surface area (Å²) in [6.07, 6.45) is 12.6. The Hall–Kier alpha value is -2.34. The Labute approximate surface area is 148 Å². The molecule has 3 heterocycles. The Balaban J connectivity index is 1.38. The van der Waals surface area contributed by atoms with Crippen molar-refractivity contribution in [2.24, 2.45) is 0 Å². The third kappa shape index (κ3) is 5.60. The predicted octanol–water partition coefficient (Wildman–Crippen LogP) is 2.75. The van der Waals surface area contributed by atoms with E-state index in [0.29, 0.717) is 13.0 Å². The predicted molar refractivity (Wildman–Crippen MR) is 93.6 cm³/mol. The van der Waals surface area contributed by atoms with Gasteiger partial charge in [0.1, 0.15) is 6.10 Å². The van der Waals surface area contributed by atoms with Crippen LogP contribution in [0.1, 0.15) is 55.2 Å². The number of aromatic nitrogens is 3. The first-order valence-corrected chi connectivity index (χ1v) is 8.89. The van der Waals surface area contributed by atoms with Crippen molar-refractivity contribution in [1.29, 1.82) is 0 Å². The van der Waals surface area contributed by atoms with Crippen LogP contribution in [0.25, 0.3) is 0 Å². The maximum atomic E-state index is 11.9. The third-order valence-corrected chi connectivity index (χ3v) is 4.30. The van der Waals surface area contributed by atoms with Gasteiger partial charge in [0.15, 0.2) is 5.82 Å². The molecule has 6 heteroatoms. The summed E-state index contributed by atoms with van der Waals surface area (Å²) in [5.41, 5.74) is 2.11. The largest absolute Gasteiger partial charge is 0.370 e. The van der Waals surface area contributed by atoms with Crippen LogP contribution in [0.4, 0.5) is 0 Å². The van der Waals surface area contributed by atoms with Crippen LogP contribution < -0.4 is 5.32 Å². The molecule has 2 aromatic heterocycles. The maximum absolute atomic E-state index is 11.9. The second kappa shape index (κ2) is 9.22. The monoisotopic (exact) mass is 340 g/mol. The van der Waals surface area contributed by atoms with Gasteiger partial charge in [0.2, 0.25) is 5.91 Å². The van der Waals surface area contributed by atoms with E-state index in [1.807, 2.05) is 12.1 Å². The fourth-order valence-corrected chi connectivity index (χ4v) is 2.86. The molecule has 2 aromatic rings. The Kier molecular flexibility index (Phi) is 6.45. The minimum absolute atomic E-state index is 0.0191. The normalized spacial score (nSPS) is 17.2. The molecule has 0 spiro atoms. The summed E-state index contributed by atoms with van der Waals surface area (Å²) in [6, 6.07) is 3.96. The van der Waals surface area contributed by atoms with Crippen LogP contribution in [-0.4, -0.2) is 27.5 Å². The van der Waals surface area contributed by atoms with E-state index in [0.717, 1.165) is 50.1 Å². The molecule has 3 rings (SSSR count). The second-order valence-electron chi connectivity index (χ2n) is 6.29. The topological polar surface area (TPSA) is 77.0 Å². The van der Waals surface area contributed by atoms with E-state index in [9.17, 15) is 4.79 Å². The minimum Gasteiger partial charge on any atom is -0.370 e. The third-order valence-electron chi connectivity index (χ3n) is 4.30. The van der Waals surface area contributed by atoms with Gasteiger partial charge in [-0.25, -0.2) is 9.97 Å². The zero-order valence-corrected chi connectivity index (χ0v) is 14.4. The van der Waals surface area contributed by atoms with Gasteiger partial charge in [-0.3, -0.25) is 9.78 Å². The molecular formula is C19H24N4O2. The fraction of sp³-hybridized carbons (Fsp3) is 0.474. The van der Waals surface area contributed by atoms with Crippen molar-refractivity contribution in [3.8, 4) is 0 Å². The lowest BCUT2D eigenvalue weighted by Gasteiger charge is -2.21. The van der Waals surface area contributed by atoms with Gasteiger partial charge < -0.3 is 10.1 Å². The lowest BCUT2D eigenvalue weighted by atomic mass is 10.1. The van der Waals surface area contributed by atoms with Gasteiger partial charge in [0.25, 0.3) is 0 Å². The molecule has 132 valence electrons. The first kappa shape index (κ1) is 17.5. The molecule has 1 aliphatic rings. The maximum Gasteiger partial charge on any atom is 0.220 e. The van der Waals surface area contributed by atoms with Crippen LogP contribution in [0, 0.1) is 0 Å². The molecule has 25 heavy (non-hydrogen) atoms. The van der Waals surface area contributed by atoms with Crippen molar-refractivity contribution in [3.05, 3.63) is 53.9 Å². The van der Waals surface area contributed by atoms with E-state index < -0.39 is 0 Å². The number of rotatable bonds is 7. The van der Waals surface area contributed by atoms with Crippen LogP contribution in [-0.2, 0) is 22.5 Å². The number of carbonyl (C=O) groups is 1. The van der Waals surface area contributed by atoms with Gasteiger partial charge in [-0.2, -0.15) is 0 Å². The molecule has 1 aliphatic heterocycles. The molecule has 1 fully saturated rings. The minimum atomic E-state index is 0.0191. The van der Waals surface area contributed by atoms with E-state index in [-0.39, 0.29) is 12.0 Å². The van der Waals surface area contributed by atoms with Crippen LogP contribution in [0.15, 0.2) is 36.9 Å². The van der Waals surface area contributed by atoms with Crippen LogP contribution in [0.2, 0.25) is 0 Å². The van der Waals surface area contributed by atoms with E-state index in [2.05, 4.69) is 20.3 Å². The highest BCUT2D eigenvalue weighted by atomic mass is 16.5. The first-order chi connectivity index (χ1) is 12.3. The lowest BCUT2D eigenvalue weighted by Crippen LogP contribution is -2.23. The number of hydrogen-bond donors (Lipinski definition) is 1. The number of hydrogen-bond acceptors (Lipinski definition) is 5. The SMILES string of the molecule is O=C(CCCc1ccncc1)NCc1cnc(C2CCCCO2)nc1. The van der Waals surface area contributed by atoms with Gasteiger partial charge in [-0.1, -0.05) is 0 Å². The zero-order chi connectivity index (χ0) is 17.3. The van der Waals surface area contributed by atoms with Crippen LogP contribution in [0.5, 0.6) is 0 Å². The van der Waals surface area contributed by atoms with Gasteiger partial charge >= 0.3 is 0 Å². The summed E-state index contributed by atoms with van der Waals surface area (Å²) in [4.78, 5) is 24.7. The summed E-state index contributed by atoms with van der Waals surface area (Å²) < 4.78 is 5.68. The summed E-state index contributed by atoms with van der Waals surface area (Å²) in [5, 5.41) is 2.92. The molecular weight excluding hydrogens is 316 g/mol. The van der Waals surface area contributed by atoms with Crippen molar-refractivity contribution >= 4 is 5.91 Å². The Bertz CT molecular complexity index is 655. The Morgan fingerprint density at radius 3 is 2.68 bits per heavy atom. The highest BCUT2D eigenvalue weighted by Crippen LogP contribution is 2.24. The number of pyridine rings is 1. The summed E-state index contributed by atoms with van der Waals surface area (Å²) in [5.74, 6) is 0.792. The van der Waals surface area contributed by atoms with E-state index in [1.165, 1.54) is 5.56 Å². The molecule has 0 radical (unpaired) electrons. The molecule has 0 aromatic carbocycles. The summed E-state index contributed by atoms with van der Waals surface area (Å²) in [6.45, 7) is 1.24. The number of carbonyl (C=O) groups excluding carboxylic acids is 1. The number of amides is 1. The van der Waals surface area contributed by atoms with E-state index >= 15 is 0 Å². The van der Waals surface area contributed by atoms with Crippen molar-refractivity contribution in [3.63, 3.8) is 0 Å². The average molecular weight is 340 g/mol. The second-order valence-corrected chi connectivity index (χ2v) is 6.29. The molecule has 0 aliphatic carbocycles. The van der Waals surface area contributed by atoms with Crippen molar-refractivity contribution in [2.75, 3.05) is 6.61 Å². The van der Waals surface area contributed by atoms with Crippen LogP contribution >= 0.6 is 0 Å². The van der Waals surface area contributed by atoms with Gasteiger partial charge in [-0.05, 0) is 49.8 Å². The van der Waals surface area contributed by atoms with Crippen molar-refractivity contribution in [2.45, 2.75) is 51.2 Å². The molecule has 0 bridgehead atoms. The smallest absolute Gasteiger partial charge is 0.220 e. The first-order valence-electron chi connectivity index (χ1n) is 8.89. The number of aryl methyl sites for hydroxylation is 1. The number of ether oxygens (including phenoxy) is 1. The highest BCUT2D eigenvalue weighted by Gasteiger charge is 2.18. The zero-order valence-electron chi connectivity index (χ0n) is 14.4. The lowest BCUT2D eigenvalue weighted by molar-refractivity contribution is -0.121. The van der Waals surface area contributed by atoms with Gasteiger partial charge in [0.05, 0.1) is 0 Å². The van der Waals surface area contributed by atoms with Gasteiger partial charge in [0, 0.05) is 49.9 Å². The van der Waals surface area contributed by atoms with E-state index in [1.54, 1.807) is 24.8 Å². The molecule has 0 saturated carbocycles. The quantitative estimate of drug-likeness (QED) is 0.838. The number of nitrogens with one attached hydrogen (secondary N) is 1. The summed E-state index contributed by atoms with van der Waals surface area (Å²) in [7, 11) is 0.